The van der Waals surface area contributed by atoms with Crippen LogP contribution in [0.5, 0.6) is 5.75 Å². The van der Waals surface area contributed by atoms with E-state index in [9.17, 15) is 24.5 Å². The number of ether oxygens (including phenoxy) is 2. The van der Waals surface area contributed by atoms with Gasteiger partial charge in [-0.05, 0) is 24.8 Å². The van der Waals surface area contributed by atoms with Gasteiger partial charge in [0.15, 0.2) is 13.2 Å². The number of esters is 1. The van der Waals surface area contributed by atoms with Gasteiger partial charge in [-0.25, -0.2) is 0 Å². The number of nitro benzene ring substituents is 1. The average Bonchev–Trinajstić information content (AvgIpc) is 2.67. The smallest absolute Gasteiger partial charge is 0.326 e. The Morgan fingerprint density at radius 1 is 1.39 bits per heavy atom. The third-order valence-electron chi connectivity index (χ3n) is 4.75. The SMILES string of the molecule is C[C@@H]1CCCN(C(=O)COC(=O)CN2C(=O)COc3ccc([N+](=O)[O-])cc32)C1. The van der Waals surface area contributed by atoms with Crippen LogP contribution in [0, 0.1) is 16.0 Å². The number of carbonyl (C=O) groups excluding carboxylic acids is 3. The molecular weight excluding hydrogens is 370 g/mol. The van der Waals surface area contributed by atoms with Crippen molar-refractivity contribution in [2.45, 2.75) is 19.8 Å². The molecule has 1 saturated heterocycles. The fourth-order valence-corrected chi connectivity index (χ4v) is 3.30. The Morgan fingerprint density at radius 2 is 2.18 bits per heavy atom. The minimum Gasteiger partial charge on any atom is -0.482 e. The number of rotatable bonds is 5. The van der Waals surface area contributed by atoms with Crippen LogP contribution >= 0.6 is 0 Å². The highest BCUT2D eigenvalue weighted by Gasteiger charge is 2.30. The largest absolute Gasteiger partial charge is 0.482 e. The summed E-state index contributed by atoms with van der Waals surface area (Å²) in [4.78, 5) is 49.6. The maximum Gasteiger partial charge on any atom is 0.326 e. The molecule has 1 fully saturated rings. The van der Waals surface area contributed by atoms with Crippen molar-refractivity contribution in [2.24, 2.45) is 5.92 Å². The molecule has 1 aromatic carbocycles. The molecule has 0 spiro atoms. The second kappa shape index (κ2) is 8.24. The Hall–Kier alpha value is -3.17. The molecule has 2 aliphatic rings. The number of hydrogen-bond acceptors (Lipinski definition) is 7. The highest BCUT2D eigenvalue weighted by Crippen LogP contribution is 2.35. The second-order valence-corrected chi connectivity index (χ2v) is 6.93. The van der Waals surface area contributed by atoms with Gasteiger partial charge in [-0.1, -0.05) is 6.92 Å². The number of non-ortho nitro benzene ring substituents is 1. The minimum absolute atomic E-state index is 0.124. The van der Waals surface area contributed by atoms with Gasteiger partial charge in [-0.15, -0.1) is 0 Å². The van der Waals surface area contributed by atoms with E-state index in [1.54, 1.807) is 4.90 Å². The van der Waals surface area contributed by atoms with Crippen molar-refractivity contribution in [2.75, 3.05) is 37.7 Å². The van der Waals surface area contributed by atoms with Crippen LogP contribution in [-0.2, 0) is 19.1 Å². The Labute approximate surface area is 161 Å². The van der Waals surface area contributed by atoms with E-state index in [1.807, 2.05) is 0 Å². The quantitative estimate of drug-likeness (QED) is 0.419. The zero-order chi connectivity index (χ0) is 20.3. The van der Waals surface area contributed by atoms with Crippen LogP contribution in [-0.4, -0.2) is 60.5 Å². The summed E-state index contributed by atoms with van der Waals surface area (Å²) in [6.07, 6.45) is 1.98. The lowest BCUT2D eigenvalue weighted by Crippen LogP contribution is -2.44. The van der Waals surface area contributed by atoms with Crippen LogP contribution in [0.3, 0.4) is 0 Å². The van der Waals surface area contributed by atoms with Crippen molar-refractivity contribution in [3.8, 4) is 5.75 Å². The first-order valence-electron chi connectivity index (χ1n) is 9.00. The van der Waals surface area contributed by atoms with Crippen molar-refractivity contribution in [3.05, 3.63) is 28.3 Å². The van der Waals surface area contributed by atoms with Gasteiger partial charge in [0.2, 0.25) is 0 Å². The molecule has 2 heterocycles. The predicted octanol–water partition coefficient (Wildman–Crippen LogP) is 1.12. The van der Waals surface area contributed by atoms with Crippen molar-refractivity contribution < 1.29 is 28.8 Å². The van der Waals surface area contributed by atoms with Gasteiger partial charge in [-0.3, -0.25) is 29.4 Å². The summed E-state index contributed by atoms with van der Waals surface area (Å²) in [6, 6.07) is 3.79. The van der Waals surface area contributed by atoms with Crippen molar-refractivity contribution in [3.63, 3.8) is 0 Å². The molecule has 28 heavy (non-hydrogen) atoms. The van der Waals surface area contributed by atoms with Gasteiger partial charge in [0.1, 0.15) is 12.3 Å². The Morgan fingerprint density at radius 3 is 2.89 bits per heavy atom. The number of amides is 2. The molecule has 0 saturated carbocycles. The van der Waals surface area contributed by atoms with Crippen LogP contribution < -0.4 is 9.64 Å². The van der Waals surface area contributed by atoms with Crippen molar-refractivity contribution >= 4 is 29.2 Å². The molecular formula is C18H21N3O7. The zero-order valence-electron chi connectivity index (χ0n) is 15.5. The first-order chi connectivity index (χ1) is 13.3. The third kappa shape index (κ3) is 4.38. The van der Waals surface area contributed by atoms with Gasteiger partial charge in [-0.2, -0.15) is 0 Å². The maximum atomic E-state index is 12.2. The van der Waals surface area contributed by atoms with Crippen LogP contribution in [0.1, 0.15) is 19.8 Å². The minimum atomic E-state index is -0.772. The average molecular weight is 391 g/mol. The Balaban J connectivity index is 1.62. The summed E-state index contributed by atoms with van der Waals surface area (Å²) in [7, 11) is 0. The predicted molar refractivity (Wildman–Crippen MR) is 96.9 cm³/mol. The van der Waals surface area contributed by atoms with E-state index in [0.29, 0.717) is 19.0 Å². The number of carbonyl (C=O) groups is 3. The number of likely N-dealkylation sites (tertiary alicyclic amines) is 1. The number of benzene rings is 1. The van der Waals surface area contributed by atoms with Crippen LogP contribution in [0.2, 0.25) is 0 Å². The van der Waals surface area contributed by atoms with Crippen molar-refractivity contribution in [1.82, 2.24) is 4.90 Å². The summed E-state index contributed by atoms with van der Waals surface area (Å²) < 4.78 is 10.3. The van der Waals surface area contributed by atoms with Gasteiger partial charge >= 0.3 is 5.97 Å². The molecule has 1 atom stereocenters. The van der Waals surface area contributed by atoms with Gasteiger partial charge < -0.3 is 14.4 Å². The highest BCUT2D eigenvalue weighted by molar-refractivity contribution is 6.01. The topological polar surface area (TPSA) is 119 Å². The van der Waals surface area contributed by atoms with E-state index in [4.69, 9.17) is 9.47 Å². The molecule has 2 aliphatic heterocycles. The maximum absolute atomic E-state index is 12.2. The summed E-state index contributed by atoms with van der Waals surface area (Å²) in [5.41, 5.74) is -0.108. The third-order valence-corrected chi connectivity index (χ3v) is 4.75. The standard InChI is InChI=1S/C18H21N3O7/c1-12-3-2-6-19(8-12)16(22)10-28-18(24)9-20-14-7-13(21(25)26)4-5-15(14)27-11-17(20)23/h4-5,7,12H,2-3,6,8-11H2,1H3/t12-/m1/s1. The van der Waals surface area contributed by atoms with Gasteiger partial charge in [0.05, 0.1) is 10.6 Å². The van der Waals surface area contributed by atoms with Crippen LogP contribution in [0.15, 0.2) is 18.2 Å². The van der Waals surface area contributed by atoms with E-state index < -0.39 is 30.0 Å². The lowest BCUT2D eigenvalue weighted by Gasteiger charge is -2.31. The first kappa shape index (κ1) is 19.6. The highest BCUT2D eigenvalue weighted by atomic mass is 16.6. The lowest BCUT2D eigenvalue weighted by atomic mass is 10.0. The van der Waals surface area contributed by atoms with E-state index in [0.717, 1.165) is 17.7 Å². The number of nitrogens with zero attached hydrogens (tertiary/aromatic N) is 3. The Kier molecular flexibility index (Phi) is 5.76. The molecule has 10 nitrogen and oxygen atoms in total. The fraction of sp³-hybridized carbons (Fsp3) is 0.500. The summed E-state index contributed by atoms with van der Waals surface area (Å²) in [5, 5.41) is 11.0. The molecule has 1 aromatic rings. The molecule has 2 amide bonds. The normalized spacial score (nSPS) is 18.9. The van der Waals surface area contributed by atoms with E-state index in [2.05, 4.69) is 6.92 Å². The molecule has 0 aromatic heterocycles. The molecule has 3 rings (SSSR count). The molecule has 150 valence electrons. The van der Waals surface area contributed by atoms with Gasteiger partial charge in [0, 0.05) is 25.2 Å². The molecule has 0 aliphatic carbocycles. The number of anilines is 1. The molecule has 0 bridgehead atoms. The number of piperidine rings is 1. The number of fused-ring (bicyclic) bond motifs is 1. The lowest BCUT2D eigenvalue weighted by molar-refractivity contribution is -0.384. The van der Waals surface area contributed by atoms with E-state index in [1.165, 1.54) is 18.2 Å². The fourth-order valence-electron chi connectivity index (χ4n) is 3.30. The van der Waals surface area contributed by atoms with Crippen LogP contribution in [0.25, 0.3) is 0 Å². The molecule has 0 unspecified atom stereocenters. The number of nitro groups is 1. The molecule has 0 radical (unpaired) electrons. The Bertz CT molecular complexity index is 810. The zero-order valence-corrected chi connectivity index (χ0v) is 15.5. The van der Waals surface area contributed by atoms with Gasteiger partial charge in [0.25, 0.3) is 17.5 Å². The summed E-state index contributed by atoms with van der Waals surface area (Å²) in [6.45, 7) is 2.19. The summed E-state index contributed by atoms with van der Waals surface area (Å²) in [5.74, 6) is -0.903. The monoisotopic (exact) mass is 391 g/mol. The van der Waals surface area contributed by atoms with E-state index >= 15 is 0 Å². The molecule has 0 N–H and O–H groups in total. The second-order valence-electron chi connectivity index (χ2n) is 6.93. The van der Waals surface area contributed by atoms with Crippen LogP contribution in [0.4, 0.5) is 11.4 Å². The van der Waals surface area contributed by atoms with E-state index in [-0.39, 0.29) is 29.6 Å². The molecule has 10 heteroatoms. The van der Waals surface area contributed by atoms with Crippen molar-refractivity contribution in [1.29, 1.82) is 0 Å². The number of hydrogen-bond donors (Lipinski definition) is 0. The first-order valence-corrected chi connectivity index (χ1v) is 9.00. The summed E-state index contributed by atoms with van der Waals surface area (Å²) >= 11 is 0.